The Kier molecular flexibility index (Phi) is 2.33. The Hall–Kier alpha value is -1.09. The number of carbonyl (C=O) groups is 1. The number of H-pyrrole nitrogens is 1. The predicted molar refractivity (Wildman–Crippen MR) is 48.0 cm³/mol. The number of nitrogens with two attached hydrogens (primary N) is 1. The minimum absolute atomic E-state index is 0.0891. The zero-order valence-electron chi connectivity index (χ0n) is 7.42. The average molecular weight is 166 g/mol. The molecule has 1 aromatic rings. The van der Waals surface area contributed by atoms with Gasteiger partial charge in [-0.05, 0) is 6.07 Å². The molecule has 0 spiro atoms. The first kappa shape index (κ1) is 9.00. The van der Waals surface area contributed by atoms with E-state index in [0.717, 1.165) is 0 Å². The van der Waals surface area contributed by atoms with Gasteiger partial charge in [-0.2, -0.15) is 0 Å². The molecule has 0 amide bonds. The van der Waals surface area contributed by atoms with E-state index < -0.39 is 5.41 Å². The van der Waals surface area contributed by atoms with E-state index in [9.17, 15) is 4.79 Å². The Balaban J connectivity index is 2.86. The molecular formula is C9H14N2O. The molecule has 0 aliphatic carbocycles. The van der Waals surface area contributed by atoms with Gasteiger partial charge >= 0.3 is 0 Å². The summed E-state index contributed by atoms with van der Waals surface area (Å²) < 4.78 is 0. The van der Waals surface area contributed by atoms with Crippen molar-refractivity contribution in [2.45, 2.75) is 13.8 Å². The van der Waals surface area contributed by atoms with Crippen LogP contribution in [0.3, 0.4) is 0 Å². The highest BCUT2D eigenvalue weighted by molar-refractivity contribution is 6.00. The van der Waals surface area contributed by atoms with Gasteiger partial charge in [0, 0.05) is 29.9 Å². The van der Waals surface area contributed by atoms with E-state index in [1.54, 1.807) is 18.5 Å². The van der Waals surface area contributed by atoms with Gasteiger partial charge in [0.05, 0.1) is 0 Å². The average Bonchev–Trinajstić information content (AvgIpc) is 2.55. The van der Waals surface area contributed by atoms with Crippen LogP contribution in [-0.4, -0.2) is 17.3 Å². The fourth-order valence-electron chi connectivity index (χ4n) is 0.949. The molecule has 0 aromatic carbocycles. The summed E-state index contributed by atoms with van der Waals surface area (Å²) in [5.41, 5.74) is 5.73. The Labute approximate surface area is 72.0 Å². The number of carbonyl (C=O) groups excluding carboxylic acids is 1. The largest absolute Gasteiger partial charge is 0.367 e. The molecule has 0 radical (unpaired) electrons. The van der Waals surface area contributed by atoms with Gasteiger partial charge in [0.1, 0.15) is 0 Å². The van der Waals surface area contributed by atoms with Crippen LogP contribution in [0.5, 0.6) is 0 Å². The first-order chi connectivity index (χ1) is 5.58. The SMILES string of the molecule is CC(C)(CN)C(=O)c1cc[nH]c1. The molecule has 3 heteroatoms. The van der Waals surface area contributed by atoms with Crippen molar-refractivity contribution in [3.05, 3.63) is 24.0 Å². The molecule has 0 bridgehead atoms. The molecule has 0 aliphatic heterocycles. The Morgan fingerprint density at radius 2 is 2.33 bits per heavy atom. The lowest BCUT2D eigenvalue weighted by atomic mass is 9.85. The summed E-state index contributed by atoms with van der Waals surface area (Å²) in [4.78, 5) is 14.5. The minimum Gasteiger partial charge on any atom is -0.367 e. The third kappa shape index (κ3) is 1.56. The van der Waals surface area contributed by atoms with Gasteiger partial charge in [0.25, 0.3) is 0 Å². The van der Waals surface area contributed by atoms with Crippen molar-refractivity contribution < 1.29 is 4.79 Å². The van der Waals surface area contributed by atoms with Crippen LogP contribution in [0.2, 0.25) is 0 Å². The maximum atomic E-state index is 11.7. The number of ketones is 1. The van der Waals surface area contributed by atoms with Crippen LogP contribution in [0.1, 0.15) is 24.2 Å². The molecular weight excluding hydrogens is 152 g/mol. The molecule has 0 aliphatic rings. The first-order valence-electron chi connectivity index (χ1n) is 3.95. The van der Waals surface area contributed by atoms with Crippen LogP contribution >= 0.6 is 0 Å². The number of hydrogen-bond acceptors (Lipinski definition) is 2. The molecule has 1 aromatic heterocycles. The normalized spacial score (nSPS) is 11.6. The maximum Gasteiger partial charge on any atom is 0.171 e. The maximum absolute atomic E-state index is 11.7. The van der Waals surface area contributed by atoms with E-state index in [1.807, 2.05) is 13.8 Å². The standard InChI is InChI=1S/C9H14N2O/c1-9(2,6-10)8(12)7-3-4-11-5-7/h3-5,11H,6,10H2,1-2H3. The van der Waals surface area contributed by atoms with E-state index >= 15 is 0 Å². The highest BCUT2D eigenvalue weighted by Crippen LogP contribution is 2.19. The molecule has 12 heavy (non-hydrogen) atoms. The summed E-state index contributed by atoms with van der Waals surface area (Å²) in [6.07, 6.45) is 3.43. The van der Waals surface area contributed by atoms with E-state index in [-0.39, 0.29) is 5.78 Å². The van der Waals surface area contributed by atoms with Gasteiger partial charge in [0.2, 0.25) is 0 Å². The molecule has 0 atom stereocenters. The third-order valence-electron chi connectivity index (χ3n) is 1.99. The fraction of sp³-hybridized carbons (Fsp3) is 0.444. The van der Waals surface area contributed by atoms with E-state index in [0.29, 0.717) is 12.1 Å². The lowest BCUT2D eigenvalue weighted by Crippen LogP contribution is -2.32. The number of nitrogens with one attached hydrogen (secondary N) is 1. The monoisotopic (exact) mass is 166 g/mol. The van der Waals surface area contributed by atoms with Crippen molar-refractivity contribution >= 4 is 5.78 Å². The number of hydrogen-bond donors (Lipinski definition) is 2. The zero-order valence-corrected chi connectivity index (χ0v) is 7.42. The summed E-state index contributed by atoms with van der Waals surface area (Å²) in [6, 6.07) is 1.76. The molecule has 1 rings (SSSR count). The first-order valence-corrected chi connectivity index (χ1v) is 3.95. The molecule has 1 heterocycles. The van der Waals surface area contributed by atoms with Crippen LogP contribution in [0, 0.1) is 5.41 Å². The summed E-state index contributed by atoms with van der Waals surface area (Å²) in [5, 5.41) is 0. The molecule has 0 saturated heterocycles. The Morgan fingerprint density at radius 1 is 1.67 bits per heavy atom. The molecule has 3 nitrogen and oxygen atoms in total. The Bertz CT molecular complexity index is 262. The topological polar surface area (TPSA) is 58.9 Å². The van der Waals surface area contributed by atoms with Gasteiger partial charge in [-0.15, -0.1) is 0 Å². The number of aromatic amines is 1. The third-order valence-corrected chi connectivity index (χ3v) is 1.99. The second-order valence-electron chi connectivity index (χ2n) is 3.52. The lowest BCUT2D eigenvalue weighted by molar-refractivity contribution is 0.0848. The van der Waals surface area contributed by atoms with Crippen LogP contribution in [0.4, 0.5) is 0 Å². The number of aromatic nitrogens is 1. The lowest BCUT2D eigenvalue weighted by Gasteiger charge is -2.19. The van der Waals surface area contributed by atoms with Gasteiger partial charge in [-0.25, -0.2) is 0 Å². The summed E-state index contributed by atoms with van der Waals surface area (Å²) in [5.74, 6) is 0.0891. The van der Waals surface area contributed by atoms with Gasteiger partial charge < -0.3 is 10.7 Å². The van der Waals surface area contributed by atoms with Crippen LogP contribution in [-0.2, 0) is 0 Å². The Morgan fingerprint density at radius 3 is 2.75 bits per heavy atom. The number of rotatable bonds is 3. The van der Waals surface area contributed by atoms with Crippen LogP contribution < -0.4 is 5.73 Å². The fourth-order valence-corrected chi connectivity index (χ4v) is 0.949. The second-order valence-corrected chi connectivity index (χ2v) is 3.52. The molecule has 0 unspecified atom stereocenters. The summed E-state index contributed by atoms with van der Waals surface area (Å²) >= 11 is 0. The molecule has 0 saturated carbocycles. The summed E-state index contributed by atoms with van der Waals surface area (Å²) in [7, 11) is 0. The highest BCUT2D eigenvalue weighted by Gasteiger charge is 2.26. The van der Waals surface area contributed by atoms with Crippen molar-refractivity contribution in [1.29, 1.82) is 0 Å². The molecule has 66 valence electrons. The van der Waals surface area contributed by atoms with Crippen molar-refractivity contribution in [2.24, 2.45) is 11.1 Å². The van der Waals surface area contributed by atoms with E-state index in [4.69, 9.17) is 5.73 Å². The van der Waals surface area contributed by atoms with Crippen molar-refractivity contribution in [1.82, 2.24) is 4.98 Å². The van der Waals surface area contributed by atoms with E-state index in [2.05, 4.69) is 4.98 Å². The quantitative estimate of drug-likeness (QED) is 0.662. The van der Waals surface area contributed by atoms with Crippen molar-refractivity contribution in [2.75, 3.05) is 6.54 Å². The molecule has 3 N–H and O–H groups in total. The smallest absolute Gasteiger partial charge is 0.171 e. The van der Waals surface area contributed by atoms with Crippen LogP contribution in [0.15, 0.2) is 18.5 Å². The highest BCUT2D eigenvalue weighted by atomic mass is 16.1. The number of Topliss-reactive ketones (excluding diaryl/α,β-unsaturated/α-hetero) is 1. The van der Waals surface area contributed by atoms with E-state index in [1.165, 1.54) is 0 Å². The van der Waals surface area contributed by atoms with Crippen LogP contribution in [0.25, 0.3) is 0 Å². The predicted octanol–water partition coefficient (Wildman–Crippen LogP) is 1.18. The van der Waals surface area contributed by atoms with Gasteiger partial charge in [-0.1, -0.05) is 13.8 Å². The van der Waals surface area contributed by atoms with Gasteiger partial charge in [0.15, 0.2) is 5.78 Å². The molecule has 0 fully saturated rings. The van der Waals surface area contributed by atoms with Crippen molar-refractivity contribution in [3.63, 3.8) is 0 Å². The second kappa shape index (κ2) is 3.11. The minimum atomic E-state index is -0.456. The zero-order chi connectivity index (χ0) is 9.19. The summed E-state index contributed by atoms with van der Waals surface area (Å²) in [6.45, 7) is 4.07. The van der Waals surface area contributed by atoms with Crippen molar-refractivity contribution in [3.8, 4) is 0 Å². The van der Waals surface area contributed by atoms with Gasteiger partial charge in [-0.3, -0.25) is 4.79 Å².